The lowest BCUT2D eigenvalue weighted by Crippen LogP contribution is -2.44. The van der Waals surface area contributed by atoms with Gasteiger partial charge in [-0.05, 0) is 55.4 Å². The molecule has 1 aromatic carbocycles. The van der Waals surface area contributed by atoms with Gasteiger partial charge in [0, 0.05) is 18.8 Å². The zero-order valence-electron chi connectivity index (χ0n) is 19.1. The second-order valence-corrected chi connectivity index (χ2v) is 10.1. The highest BCUT2D eigenvalue weighted by atomic mass is 32.1. The molecule has 2 amide bonds. The van der Waals surface area contributed by atoms with Crippen LogP contribution in [0.1, 0.15) is 41.1 Å². The third-order valence-corrected chi connectivity index (χ3v) is 7.28. The highest BCUT2D eigenvalue weighted by molar-refractivity contribution is 7.20. The molecule has 0 saturated carbocycles. The zero-order chi connectivity index (χ0) is 23.9. The minimum Gasteiger partial charge on any atom is -0.341 e. The number of halogens is 1. The number of aryl methyl sites for hydroxylation is 2. The average Bonchev–Trinajstić information content (AvgIpc) is 3.09. The number of carbonyl (C=O) groups excluding carboxylic acids is 2. The summed E-state index contributed by atoms with van der Waals surface area (Å²) < 4.78 is 15.1. The molecule has 0 radical (unpaired) electrons. The molecule has 0 unspecified atom stereocenters. The van der Waals surface area contributed by atoms with Crippen molar-refractivity contribution < 1.29 is 14.0 Å². The molecule has 1 saturated heterocycles. The molecule has 2 aromatic heterocycles. The van der Waals surface area contributed by atoms with Gasteiger partial charge in [-0.15, -0.1) is 11.3 Å². The third kappa shape index (κ3) is 4.68. The molecule has 33 heavy (non-hydrogen) atoms. The number of carbonyl (C=O) groups is 2. The van der Waals surface area contributed by atoms with Crippen LogP contribution in [0.15, 0.2) is 29.3 Å². The molecule has 4 rings (SSSR count). The van der Waals surface area contributed by atoms with E-state index in [1.807, 2.05) is 4.90 Å². The first-order valence-corrected chi connectivity index (χ1v) is 11.8. The number of rotatable bonds is 4. The maximum Gasteiger partial charge on any atom is 0.266 e. The summed E-state index contributed by atoms with van der Waals surface area (Å²) in [5, 5.41) is 3.01. The first-order chi connectivity index (χ1) is 15.6. The quantitative estimate of drug-likeness (QED) is 0.625. The highest BCUT2D eigenvalue weighted by Gasteiger charge is 2.26. The van der Waals surface area contributed by atoms with E-state index >= 15 is 0 Å². The van der Waals surface area contributed by atoms with Crippen LogP contribution in [0.5, 0.6) is 0 Å². The molecule has 1 fully saturated rings. The van der Waals surface area contributed by atoms with Crippen molar-refractivity contribution in [2.45, 2.75) is 40.7 Å². The number of amides is 2. The topological polar surface area (TPSA) is 84.3 Å². The van der Waals surface area contributed by atoms with Crippen molar-refractivity contribution in [2.75, 3.05) is 18.4 Å². The number of piperidine rings is 1. The molecule has 0 aliphatic carbocycles. The Labute approximate surface area is 195 Å². The molecule has 3 aromatic rings. The first kappa shape index (κ1) is 23.1. The first-order valence-electron chi connectivity index (χ1n) is 11.0. The fourth-order valence-electron chi connectivity index (χ4n) is 4.46. The van der Waals surface area contributed by atoms with Crippen LogP contribution in [-0.2, 0) is 11.3 Å². The van der Waals surface area contributed by atoms with Crippen LogP contribution in [0.25, 0.3) is 10.2 Å². The van der Waals surface area contributed by atoms with E-state index in [2.05, 4.69) is 24.1 Å². The fourth-order valence-corrected chi connectivity index (χ4v) is 5.49. The highest BCUT2D eigenvalue weighted by Crippen LogP contribution is 2.28. The van der Waals surface area contributed by atoms with Gasteiger partial charge in [0.05, 0.1) is 16.6 Å². The molecule has 1 N–H and O–H groups in total. The maximum atomic E-state index is 13.8. The fraction of sp³-hybridized carbons (Fsp3) is 0.417. The number of nitrogens with one attached hydrogen (secondary N) is 1. The van der Waals surface area contributed by atoms with Crippen molar-refractivity contribution in [1.29, 1.82) is 0 Å². The number of aromatic nitrogens is 2. The van der Waals surface area contributed by atoms with Gasteiger partial charge in [-0.1, -0.05) is 19.9 Å². The lowest BCUT2D eigenvalue weighted by molar-refractivity contribution is -0.134. The molecule has 7 nitrogen and oxygen atoms in total. The number of hydrogen-bond donors (Lipinski definition) is 1. The van der Waals surface area contributed by atoms with E-state index in [4.69, 9.17) is 0 Å². The van der Waals surface area contributed by atoms with Gasteiger partial charge in [0.1, 0.15) is 17.2 Å². The molecule has 0 spiro atoms. The molecule has 2 atom stereocenters. The largest absolute Gasteiger partial charge is 0.341 e. The molecular formula is C24H27FN4O3S. The van der Waals surface area contributed by atoms with Crippen LogP contribution < -0.4 is 10.9 Å². The van der Waals surface area contributed by atoms with Crippen molar-refractivity contribution in [1.82, 2.24) is 14.5 Å². The molecule has 3 heterocycles. The van der Waals surface area contributed by atoms with E-state index in [1.54, 1.807) is 26.0 Å². The van der Waals surface area contributed by atoms with Gasteiger partial charge in [0.2, 0.25) is 5.91 Å². The number of anilines is 1. The van der Waals surface area contributed by atoms with Crippen molar-refractivity contribution in [3.05, 3.63) is 56.7 Å². The molecule has 0 bridgehead atoms. The summed E-state index contributed by atoms with van der Waals surface area (Å²) in [6.45, 7) is 8.88. The number of benzene rings is 1. The normalized spacial score (nSPS) is 18.5. The maximum absolute atomic E-state index is 13.8. The van der Waals surface area contributed by atoms with Crippen molar-refractivity contribution >= 4 is 39.1 Å². The summed E-state index contributed by atoms with van der Waals surface area (Å²) in [5.41, 5.74) is 0.972. The smallest absolute Gasteiger partial charge is 0.266 e. The number of nitrogens with zero attached hydrogens (tertiary/aromatic N) is 3. The average molecular weight is 471 g/mol. The van der Waals surface area contributed by atoms with Crippen LogP contribution in [0.2, 0.25) is 0 Å². The SMILES string of the molecule is Cc1ccc(NC(=O)c2sc3ncn(CC(=O)N4C[C@H](C)C[C@H](C)C4)c(=O)c3c2C)cc1F. The number of thiophene rings is 1. The predicted molar refractivity (Wildman–Crippen MR) is 127 cm³/mol. The number of fused-ring (bicyclic) bond motifs is 1. The minimum absolute atomic E-state index is 0.0827. The number of likely N-dealkylation sites (tertiary alicyclic amines) is 1. The van der Waals surface area contributed by atoms with Gasteiger partial charge in [-0.2, -0.15) is 0 Å². The molecular weight excluding hydrogens is 443 g/mol. The van der Waals surface area contributed by atoms with E-state index in [0.717, 1.165) is 17.8 Å². The Morgan fingerprint density at radius 3 is 2.58 bits per heavy atom. The van der Waals surface area contributed by atoms with Crippen LogP contribution in [0.4, 0.5) is 10.1 Å². The van der Waals surface area contributed by atoms with Gasteiger partial charge < -0.3 is 10.2 Å². The second kappa shape index (κ2) is 9.05. The standard InChI is InChI=1S/C24H27FN4O3S/c1-13-7-14(2)10-28(9-13)19(30)11-29-12-26-23-20(24(29)32)16(4)21(33-23)22(31)27-17-6-5-15(3)18(25)8-17/h5-6,8,12-14H,7,9-11H2,1-4H3,(H,27,31)/t13-,14+. The molecule has 1 aliphatic heterocycles. The van der Waals surface area contributed by atoms with E-state index < -0.39 is 11.7 Å². The molecule has 174 valence electrons. The van der Waals surface area contributed by atoms with Gasteiger partial charge in [0.25, 0.3) is 11.5 Å². The monoisotopic (exact) mass is 470 g/mol. The van der Waals surface area contributed by atoms with E-state index in [0.29, 0.717) is 56.8 Å². The summed E-state index contributed by atoms with van der Waals surface area (Å²) >= 11 is 1.10. The van der Waals surface area contributed by atoms with Crippen molar-refractivity contribution in [3.8, 4) is 0 Å². The van der Waals surface area contributed by atoms with E-state index in [-0.39, 0.29) is 18.0 Å². The summed E-state index contributed by atoms with van der Waals surface area (Å²) in [6, 6.07) is 4.47. The summed E-state index contributed by atoms with van der Waals surface area (Å²) in [6.07, 6.45) is 2.46. The van der Waals surface area contributed by atoms with Crippen LogP contribution in [0, 0.1) is 31.5 Å². The summed E-state index contributed by atoms with van der Waals surface area (Å²) in [5.74, 6) is -0.0945. The Morgan fingerprint density at radius 1 is 1.21 bits per heavy atom. The Kier molecular flexibility index (Phi) is 6.34. The summed E-state index contributed by atoms with van der Waals surface area (Å²) in [4.78, 5) is 45.7. The molecule has 1 aliphatic rings. The Morgan fingerprint density at radius 2 is 1.91 bits per heavy atom. The van der Waals surface area contributed by atoms with Crippen LogP contribution >= 0.6 is 11.3 Å². The lowest BCUT2D eigenvalue weighted by atomic mass is 9.92. The Bertz CT molecular complexity index is 1290. The minimum atomic E-state index is -0.433. The molecule has 9 heteroatoms. The second-order valence-electron chi connectivity index (χ2n) is 9.08. The van der Waals surface area contributed by atoms with Crippen LogP contribution in [0.3, 0.4) is 0 Å². The predicted octanol–water partition coefficient (Wildman–Crippen LogP) is 3.97. The van der Waals surface area contributed by atoms with E-state index in [1.165, 1.54) is 17.0 Å². The van der Waals surface area contributed by atoms with Crippen molar-refractivity contribution in [3.63, 3.8) is 0 Å². The lowest BCUT2D eigenvalue weighted by Gasteiger charge is -2.35. The Balaban J connectivity index is 1.58. The third-order valence-electron chi connectivity index (χ3n) is 6.08. The van der Waals surface area contributed by atoms with E-state index in [9.17, 15) is 18.8 Å². The van der Waals surface area contributed by atoms with Gasteiger partial charge in [0.15, 0.2) is 0 Å². The van der Waals surface area contributed by atoms with Gasteiger partial charge >= 0.3 is 0 Å². The summed E-state index contributed by atoms with van der Waals surface area (Å²) in [7, 11) is 0. The van der Waals surface area contributed by atoms with Crippen LogP contribution in [-0.4, -0.2) is 39.4 Å². The van der Waals surface area contributed by atoms with Gasteiger partial charge in [-0.3, -0.25) is 19.0 Å². The zero-order valence-corrected chi connectivity index (χ0v) is 20.0. The Hall–Kier alpha value is -3.07. The number of hydrogen-bond acceptors (Lipinski definition) is 5. The van der Waals surface area contributed by atoms with Gasteiger partial charge in [-0.25, -0.2) is 9.37 Å². The van der Waals surface area contributed by atoms with Crippen molar-refractivity contribution in [2.24, 2.45) is 11.8 Å².